The maximum Gasteiger partial charge on any atom is 0.216 e. The number of benzene rings is 1. The summed E-state index contributed by atoms with van der Waals surface area (Å²) in [7, 11) is 0. The first-order chi connectivity index (χ1) is 7.22. The van der Waals surface area contributed by atoms with E-state index in [1.807, 2.05) is 31.2 Å². The molecule has 82 valence electrons. The quantitative estimate of drug-likeness (QED) is 0.799. The lowest BCUT2D eigenvalue weighted by Crippen LogP contribution is -2.22. The van der Waals surface area contributed by atoms with Crippen LogP contribution in [0.4, 0.5) is 0 Å². The number of carbonyl (C=O) groups is 1. The van der Waals surface area contributed by atoms with Crippen LogP contribution in [0.15, 0.2) is 24.3 Å². The van der Waals surface area contributed by atoms with E-state index in [9.17, 15) is 4.79 Å². The molecule has 0 saturated carbocycles. The molecule has 1 aromatic carbocycles. The second-order valence-electron chi connectivity index (χ2n) is 3.31. The monoisotopic (exact) mass is 207 g/mol. The van der Waals surface area contributed by atoms with E-state index in [0.717, 1.165) is 12.2 Å². The molecule has 0 aliphatic rings. The Morgan fingerprint density at radius 3 is 2.53 bits per heavy atom. The van der Waals surface area contributed by atoms with Gasteiger partial charge in [-0.3, -0.25) is 4.79 Å². The minimum atomic E-state index is 0.0148. The van der Waals surface area contributed by atoms with Gasteiger partial charge in [-0.05, 0) is 31.0 Å². The van der Waals surface area contributed by atoms with Crippen LogP contribution in [0.25, 0.3) is 0 Å². The fourth-order valence-corrected chi connectivity index (χ4v) is 1.30. The first kappa shape index (κ1) is 11.6. The molecule has 0 atom stereocenters. The lowest BCUT2D eigenvalue weighted by molar-refractivity contribution is -0.118. The molecule has 0 heterocycles. The number of amides is 1. The van der Waals surface area contributed by atoms with Crippen molar-refractivity contribution in [2.75, 3.05) is 13.2 Å². The van der Waals surface area contributed by atoms with Crippen LogP contribution in [-0.4, -0.2) is 19.1 Å². The number of nitrogens with one attached hydrogen (secondary N) is 1. The zero-order valence-electron chi connectivity index (χ0n) is 9.25. The lowest BCUT2D eigenvalue weighted by atomic mass is 10.1. The Morgan fingerprint density at radius 1 is 1.33 bits per heavy atom. The molecule has 1 N–H and O–H groups in total. The second kappa shape index (κ2) is 6.06. The summed E-state index contributed by atoms with van der Waals surface area (Å²) in [5.41, 5.74) is 1.20. The summed E-state index contributed by atoms with van der Waals surface area (Å²) in [6.07, 6.45) is 0.853. The van der Waals surface area contributed by atoms with Gasteiger partial charge in [0.05, 0.1) is 6.61 Å². The summed E-state index contributed by atoms with van der Waals surface area (Å²) in [5, 5.41) is 2.76. The van der Waals surface area contributed by atoms with Crippen LogP contribution >= 0.6 is 0 Å². The molecule has 1 amide bonds. The number of ether oxygens (including phenoxy) is 1. The first-order valence-electron chi connectivity index (χ1n) is 5.18. The summed E-state index contributed by atoms with van der Waals surface area (Å²) in [4.78, 5) is 10.6. The number of carbonyl (C=O) groups excluding carboxylic acids is 1. The molecule has 0 unspecified atom stereocenters. The highest BCUT2D eigenvalue weighted by Crippen LogP contribution is 2.11. The van der Waals surface area contributed by atoms with E-state index in [0.29, 0.717) is 13.2 Å². The van der Waals surface area contributed by atoms with E-state index in [4.69, 9.17) is 4.74 Å². The molecule has 1 aromatic rings. The average molecular weight is 207 g/mol. The molecule has 1 rings (SSSR count). The van der Waals surface area contributed by atoms with Gasteiger partial charge in [-0.25, -0.2) is 0 Å². The summed E-state index contributed by atoms with van der Waals surface area (Å²) < 4.78 is 5.33. The highest BCUT2D eigenvalue weighted by molar-refractivity contribution is 5.72. The fraction of sp³-hybridized carbons (Fsp3) is 0.417. The van der Waals surface area contributed by atoms with Crippen molar-refractivity contribution >= 4 is 5.91 Å². The number of hydrogen-bond donors (Lipinski definition) is 1. The maximum absolute atomic E-state index is 10.6. The van der Waals surface area contributed by atoms with E-state index >= 15 is 0 Å². The molecule has 15 heavy (non-hydrogen) atoms. The standard InChI is InChI=1S/C12H17NO2/c1-3-15-12-6-4-11(5-7-12)8-9-13-10(2)14/h4-7H,3,8-9H2,1-2H3,(H,13,14). The summed E-state index contributed by atoms with van der Waals surface area (Å²) in [6.45, 7) is 4.86. The van der Waals surface area contributed by atoms with Gasteiger partial charge in [0.25, 0.3) is 0 Å². The maximum atomic E-state index is 10.6. The predicted molar refractivity (Wildman–Crippen MR) is 60.0 cm³/mol. The van der Waals surface area contributed by atoms with E-state index in [1.165, 1.54) is 12.5 Å². The Kier molecular flexibility index (Phi) is 4.68. The second-order valence-corrected chi connectivity index (χ2v) is 3.31. The number of hydrogen-bond acceptors (Lipinski definition) is 2. The zero-order valence-corrected chi connectivity index (χ0v) is 9.25. The molecular weight excluding hydrogens is 190 g/mol. The van der Waals surface area contributed by atoms with Crippen LogP contribution in [-0.2, 0) is 11.2 Å². The largest absolute Gasteiger partial charge is 0.494 e. The predicted octanol–water partition coefficient (Wildman–Crippen LogP) is 1.76. The van der Waals surface area contributed by atoms with Gasteiger partial charge < -0.3 is 10.1 Å². The van der Waals surface area contributed by atoms with Crippen LogP contribution in [0.2, 0.25) is 0 Å². The van der Waals surface area contributed by atoms with Gasteiger partial charge in [0.1, 0.15) is 5.75 Å². The molecule has 0 fully saturated rings. The van der Waals surface area contributed by atoms with Gasteiger partial charge in [0, 0.05) is 13.5 Å². The van der Waals surface area contributed by atoms with Crippen LogP contribution in [0, 0.1) is 0 Å². The van der Waals surface area contributed by atoms with Crippen molar-refractivity contribution in [3.8, 4) is 5.75 Å². The highest BCUT2D eigenvalue weighted by atomic mass is 16.5. The molecule has 0 saturated heterocycles. The lowest BCUT2D eigenvalue weighted by Gasteiger charge is -2.05. The van der Waals surface area contributed by atoms with E-state index in [-0.39, 0.29) is 5.91 Å². The average Bonchev–Trinajstić information content (AvgIpc) is 2.20. The van der Waals surface area contributed by atoms with Crippen LogP contribution in [0.1, 0.15) is 19.4 Å². The minimum Gasteiger partial charge on any atom is -0.494 e. The smallest absolute Gasteiger partial charge is 0.216 e. The molecule has 0 spiro atoms. The van der Waals surface area contributed by atoms with Crippen molar-refractivity contribution in [2.45, 2.75) is 20.3 Å². The third-order valence-corrected chi connectivity index (χ3v) is 2.02. The molecule has 0 bridgehead atoms. The minimum absolute atomic E-state index is 0.0148. The first-order valence-corrected chi connectivity index (χ1v) is 5.18. The normalized spacial score (nSPS) is 9.73. The highest BCUT2D eigenvalue weighted by Gasteiger charge is 1.95. The van der Waals surface area contributed by atoms with E-state index in [1.54, 1.807) is 0 Å². The zero-order chi connectivity index (χ0) is 11.1. The van der Waals surface area contributed by atoms with Crippen LogP contribution < -0.4 is 10.1 Å². The SMILES string of the molecule is CCOc1ccc(CCNC(C)=O)cc1. The van der Waals surface area contributed by atoms with Gasteiger partial charge >= 0.3 is 0 Å². The van der Waals surface area contributed by atoms with Gasteiger partial charge in [0.15, 0.2) is 0 Å². The van der Waals surface area contributed by atoms with Gasteiger partial charge in [-0.15, -0.1) is 0 Å². The Bertz CT molecular complexity index is 306. The third-order valence-electron chi connectivity index (χ3n) is 2.02. The van der Waals surface area contributed by atoms with Gasteiger partial charge in [-0.2, -0.15) is 0 Å². The van der Waals surface area contributed by atoms with Gasteiger partial charge in [0.2, 0.25) is 5.91 Å². The summed E-state index contributed by atoms with van der Waals surface area (Å²) >= 11 is 0. The number of rotatable bonds is 5. The van der Waals surface area contributed by atoms with Crippen molar-refractivity contribution < 1.29 is 9.53 Å². The van der Waals surface area contributed by atoms with Crippen LogP contribution in [0.3, 0.4) is 0 Å². The Hall–Kier alpha value is -1.51. The molecule has 3 nitrogen and oxygen atoms in total. The van der Waals surface area contributed by atoms with Crippen molar-refractivity contribution in [1.29, 1.82) is 0 Å². The topological polar surface area (TPSA) is 38.3 Å². The van der Waals surface area contributed by atoms with E-state index < -0.39 is 0 Å². The molecule has 0 aromatic heterocycles. The van der Waals surface area contributed by atoms with Crippen molar-refractivity contribution in [3.63, 3.8) is 0 Å². The molecule has 0 radical (unpaired) electrons. The Morgan fingerprint density at radius 2 is 2.00 bits per heavy atom. The molecule has 3 heteroatoms. The van der Waals surface area contributed by atoms with Gasteiger partial charge in [-0.1, -0.05) is 12.1 Å². The van der Waals surface area contributed by atoms with E-state index in [2.05, 4.69) is 5.32 Å². The third kappa shape index (κ3) is 4.49. The Labute approximate surface area is 90.4 Å². The molecular formula is C12H17NO2. The van der Waals surface area contributed by atoms with Crippen molar-refractivity contribution in [2.24, 2.45) is 0 Å². The molecule has 0 aliphatic heterocycles. The Balaban J connectivity index is 2.39. The summed E-state index contributed by atoms with van der Waals surface area (Å²) in [5.74, 6) is 0.904. The van der Waals surface area contributed by atoms with Crippen molar-refractivity contribution in [1.82, 2.24) is 5.32 Å². The van der Waals surface area contributed by atoms with Crippen LogP contribution in [0.5, 0.6) is 5.75 Å². The summed E-state index contributed by atoms with van der Waals surface area (Å²) in [6, 6.07) is 7.94. The van der Waals surface area contributed by atoms with Crippen molar-refractivity contribution in [3.05, 3.63) is 29.8 Å². The fourth-order valence-electron chi connectivity index (χ4n) is 1.30. The molecule has 0 aliphatic carbocycles.